The highest BCUT2D eigenvalue weighted by Crippen LogP contribution is 2.23. The molecule has 7 nitrogen and oxygen atoms in total. The van der Waals surface area contributed by atoms with Gasteiger partial charge in [-0.05, 0) is 36.4 Å². The molecule has 8 heteroatoms. The van der Waals surface area contributed by atoms with E-state index in [-0.39, 0.29) is 0 Å². The fourth-order valence-electron chi connectivity index (χ4n) is 3.89. The van der Waals surface area contributed by atoms with Crippen molar-refractivity contribution < 1.29 is 4.74 Å². The first-order chi connectivity index (χ1) is 12.9. The molecule has 2 aliphatic heterocycles. The van der Waals surface area contributed by atoms with Crippen LogP contribution >= 0.6 is 11.3 Å². The van der Waals surface area contributed by atoms with Crippen molar-refractivity contribution in [3.63, 3.8) is 0 Å². The first-order valence-electron chi connectivity index (χ1n) is 9.20. The Morgan fingerprint density at radius 3 is 2.62 bits per heavy atom. The second kappa shape index (κ2) is 6.94. The van der Waals surface area contributed by atoms with Gasteiger partial charge in [-0.1, -0.05) is 0 Å². The lowest BCUT2D eigenvalue weighted by Gasteiger charge is -2.40. The molecule has 3 aromatic heterocycles. The lowest BCUT2D eigenvalue weighted by Crippen LogP contribution is -2.51. The number of rotatable bonds is 3. The van der Waals surface area contributed by atoms with Crippen molar-refractivity contribution in [3.8, 4) is 11.4 Å². The van der Waals surface area contributed by atoms with Crippen molar-refractivity contribution in [2.75, 3.05) is 44.3 Å². The summed E-state index contributed by atoms with van der Waals surface area (Å²) in [5, 5.41) is 17.5. The van der Waals surface area contributed by atoms with Crippen LogP contribution in [-0.2, 0) is 4.74 Å². The van der Waals surface area contributed by atoms with Gasteiger partial charge in [0.2, 0.25) is 0 Å². The average molecular weight is 370 g/mol. The van der Waals surface area contributed by atoms with Gasteiger partial charge in [0.05, 0.1) is 0 Å². The summed E-state index contributed by atoms with van der Waals surface area (Å²) in [6, 6.07) is 6.81. The monoisotopic (exact) mass is 370 g/mol. The van der Waals surface area contributed by atoms with E-state index in [9.17, 15) is 0 Å². The predicted octanol–water partition coefficient (Wildman–Crippen LogP) is 2.15. The molecule has 0 N–H and O–H groups in total. The van der Waals surface area contributed by atoms with Gasteiger partial charge in [-0.25, -0.2) is 0 Å². The van der Waals surface area contributed by atoms with Gasteiger partial charge in [0.25, 0.3) is 0 Å². The van der Waals surface area contributed by atoms with Gasteiger partial charge in [0, 0.05) is 56.4 Å². The average Bonchev–Trinajstić information content (AvgIpc) is 3.38. The maximum absolute atomic E-state index is 5.50. The Labute approximate surface area is 156 Å². The first-order valence-corrected chi connectivity index (χ1v) is 10.1. The van der Waals surface area contributed by atoms with E-state index in [1.165, 1.54) is 0 Å². The third kappa shape index (κ3) is 2.98. The maximum atomic E-state index is 5.50. The molecule has 3 aromatic rings. The molecule has 0 amide bonds. The van der Waals surface area contributed by atoms with E-state index in [4.69, 9.17) is 9.84 Å². The van der Waals surface area contributed by atoms with Crippen LogP contribution in [0.3, 0.4) is 0 Å². The van der Waals surface area contributed by atoms with Crippen LogP contribution in [0.5, 0.6) is 0 Å². The summed E-state index contributed by atoms with van der Waals surface area (Å²) in [6.07, 6.45) is 2.32. The number of anilines is 1. The highest BCUT2D eigenvalue weighted by atomic mass is 32.1. The Morgan fingerprint density at radius 1 is 1.00 bits per heavy atom. The van der Waals surface area contributed by atoms with Crippen LogP contribution in [0.1, 0.15) is 12.8 Å². The molecule has 0 aliphatic carbocycles. The van der Waals surface area contributed by atoms with Gasteiger partial charge < -0.3 is 9.64 Å². The molecule has 5 rings (SSSR count). The summed E-state index contributed by atoms with van der Waals surface area (Å²) >= 11 is 1.66. The van der Waals surface area contributed by atoms with Gasteiger partial charge in [0.15, 0.2) is 11.5 Å². The minimum Gasteiger partial charge on any atom is -0.381 e. The molecule has 0 spiro atoms. The standard InChI is InChI=1S/C18H22N6OS/c1-2-17(21-24-16(1)19-20-18(24)14-5-12-26-13-14)23-8-6-22(7-9-23)15-3-10-25-11-4-15/h1-2,5,12-13,15H,3-4,6-11H2. The molecule has 0 atom stereocenters. The molecule has 2 aliphatic rings. The minimum atomic E-state index is 0.685. The largest absolute Gasteiger partial charge is 0.381 e. The van der Waals surface area contributed by atoms with Crippen LogP contribution in [0.25, 0.3) is 17.0 Å². The Bertz CT molecular complexity index is 865. The van der Waals surface area contributed by atoms with Gasteiger partial charge >= 0.3 is 0 Å². The number of fused-ring (bicyclic) bond motifs is 1. The van der Waals surface area contributed by atoms with Crippen LogP contribution < -0.4 is 4.90 Å². The highest BCUT2D eigenvalue weighted by Gasteiger charge is 2.26. The second-order valence-corrected chi connectivity index (χ2v) is 7.64. The van der Waals surface area contributed by atoms with Gasteiger partial charge in [-0.3, -0.25) is 4.90 Å². The molecule has 2 saturated heterocycles. The molecule has 2 fully saturated rings. The molecule has 0 radical (unpaired) electrons. The topological polar surface area (TPSA) is 58.8 Å². The molecular weight excluding hydrogens is 348 g/mol. The number of hydrogen-bond donors (Lipinski definition) is 0. The molecule has 0 saturated carbocycles. The van der Waals surface area contributed by atoms with E-state index >= 15 is 0 Å². The van der Waals surface area contributed by atoms with Crippen molar-refractivity contribution in [1.82, 2.24) is 24.7 Å². The van der Waals surface area contributed by atoms with Crippen molar-refractivity contribution in [1.29, 1.82) is 0 Å². The summed E-state index contributed by atoms with van der Waals surface area (Å²) in [4.78, 5) is 4.99. The van der Waals surface area contributed by atoms with Crippen molar-refractivity contribution >= 4 is 22.8 Å². The van der Waals surface area contributed by atoms with Crippen LogP contribution in [0.4, 0.5) is 5.82 Å². The number of ether oxygens (including phenoxy) is 1. The van der Waals surface area contributed by atoms with E-state index < -0.39 is 0 Å². The molecule has 136 valence electrons. The summed E-state index contributed by atoms with van der Waals surface area (Å²) < 4.78 is 7.36. The normalized spacial score (nSPS) is 20.1. The van der Waals surface area contributed by atoms with E-state index in [0.717, 1.165) is 75.1 Å². The fraction of sp³-hybridized carbons (Fsp3) is 0.500. The van der Waals surface area contributed by atoms with Crippen molar-refractivity contribution in [2.24, 2.45) is 0 Å². The lowest BCUT2D eigenvalue weighted by atomic mass is 10.1. The Hall–Kier alpha value is -2.03. The second-order valence-electron chi connectivity index (χ2n) is 6.86. The third-order valence-electron chi connectivity index (χ3n) is 5.37. The Morgan fingerprint density at radius 2 is 1.85 bits per heavy atom. The molecular formula is C18H22N6OS. The zero-order valence-electron chi connectivity index (χ0n) is 14.6. The van der Waals surface area contributed by atoms with E-state index in [1.54, 1.807) is 11.3 Å². The Kier molecular flexibility index (Phi) is 4.32. The molecule has 5 heterocycles. The zero-order chi connectivity index (χ0) is 17.3. The number of thiophene rings is 1. The smallest absolute Gasteiger partial charge is 0.186 e. The van der Waals surface area contributed by atoms with Crippen molar-refractivity contribution in [2.45, 2.75) is 18.9 Å². The lowest BCUT2D eigenvalue weighted by molar-refractivity contribution is 0.0321. The van der Waals surface area contributed by atoms with Crippen LogP contribution in [0.2, 0.25) is 0 Å². The van der Waals surface area contributed by atoms with Crippen LogP contribution in [0, 0.1) is 0 Å². The molecule has 0 bridgehead atoms. The third-order valence-corrected chi connectivity index (χ3v) is 6.06. The van der Waals surface area contributed by atoms with E-state index in [2.05, 4.69) is 42.9 Å². The van der Waals surface area contributed by atoms with Crippen molar-refractivity contribution in [3.05, 3.63) is 29.0 Å². The molecule has 0 aromatic carbocycles. The van der Waals surface area contributed by atoms with Crippen LogP contribution in [-0.4, -0.2) is 70.1 Å². The van der Waals surface area contributed by atoms with Gasteiger partial charge in [-0.15, -0.1) is 15.3 Å². The number of nitrogens with zero attached hydrogens (tertiary/aromatic N) is 6. The number of aromatic nitrogens is 4. The number of piperazine rings is 1. The highest BCUT2D eigenvalue weighted by molar-refractivity contribution is 7.08. The fourth-order valence-corrected chi connectivity index (χ4v) is 4.52. The SMILES string of the molecule is c1cc(-c2nnc3ccc(N4CCN(C5CCOCC5)CC4)nn23)cs1. The minimum absolute atomic E-state index is 0.685. The van der Waals surface area contributed by atoms with Gasteiger partial charge in [0.1, 0.15) is 5.82 Å². The number of hydrogen-bond acceptors (Lipinski definition) is 7. The Balaban J connectivity index is 1.34. The molecule has 26 heavy (non-hydrogen) atoms. The summed E-state index contributed by atoms with van der Waals surface area (Å²) in [6.45, 7) is 6.00. The first kappa shape index (κ1) is 16.2. The van der Waals surface area contributed by atoms with E-state index in [0.29, 0.717) is 6.04 Å². The molecule has 0 unspecified atom stereocenters. The summed E-state index contributed by atoms with van der Waals surface area (Å²) in [7, 11) is 0. The summed E-state index contributed by atoms with van der Waals surface area (Å²) in [5.41, 5.74) is 1.85. The zero-order valence-corrected chi connectivity index (χ0v) is 15.4. The van der Waals surface area contributed by atoms with Crippen LogP contribution in [0.15, 0.2) is 29.0 Å². The van der Waals surface area contributed by atoms with Gasteiger partial charge in [-0.2, -0.15) is 15.9 Å². The van der Waals surface area contributed by atoms with E-state index in [1.807, 2.05) is 10.6 Å². The maximum Gasteiger partial charge on any atom is 0.186 e. The summed E-state index contributed by atoms with van der Waals surface area (Å²) in [5.74, 6) is 1.81. The predicted molar refractivity (Wildman–Crippen MR) is 102 cm³/mol. The quantitative estimate of drug-likeness (QED) is 0.704.